The summed E-state index contributed by atoms with van der Waals surface area (Å²) in [7, 11) is 0. The summed E-state index contributed by atoms with van der Waals surface area (Å²) in [4.78, 5) is 12.3. The minimum atomic E-state index is -0.815. The molecule has 1 atom stereocenters. The summed E-state index contributed by atoms with van der Waals surface area (Å²) in [6, 6.07) is 6.37. The second-order valence-electron chi connectivity index (χ2n) is 4.97. The van der Waals surface area contributed by atoms with E-state index in [1.54, 1.807) is 19.1 Å². The van der Waals surface area contributed by atoms with Crippen LogP contribution < -0.4 is 0 Å². The highest BCUT2D eigenvalue weighted by Crippen LogP contribution is 2.20. The highest BCUT2D eigenvalue weighted by atomic mass is 19.2. The molecule has 1 rings (SSSR count). The summed E-state index contributed by atoms with van der Waals surface area (Å²) in [6.07, 6.45) is 0. The maximum atomic E-state index is 14.0. The Morgan fingerprint density at radius 3 is 2.17 bits per heavy atom. The van der Waals surface area contributed by atoms with Gasteiger partial charge in [0.2, 0.25) is 0 Å². The van der Waals surface area contributed by atoms with Crippen molar-refractivity contribution in [3.05, 3.63) is 47.7 Å². The predicted octanol–water partition coefficient (Wildman–Crippen LogP) is 3.92. The number of ketones is 1. The zero-order valence-electron chi connectivity index (χ0n) is 11.4. The van der Waals surface area contributed by atoms with Gasteiger partial charge in [-0.15, -0.1) is 0 Å². The number of halogens is 1. The van der Waals surface area contributed by atoms with Crippen LogP contribution in [0, 0.1) is 12.8 Å². The molecule has 1 aromatic carbocycles. The van der Waals surface area contributed by atoms with Crippen molar-refractivity contribution < 1.29 is 9.28 Å². The van der Waals surface area contributed by atoms with Gasteiger partial charge in [-0.1, -0.05) is 54.7 Å². The Hall–Kier alpha value is -1.64. The van der Waals surface area contributed by atoms with E-state index >= 15 is 0 Å². The minimum absolute atomic E-state index is 0.125. The quantitative estimate of drug-likeness (QED) is 0.582. The van der Waals surface area contributed by atoms with Crippen molar-refractivity contribution in [1.82, 2.24) is 5.12 Å². The zero-order valence-corrected chi connectivity index (χ0v) is 11.4. The standard InChI is InChI=1S/C15H20FNO/c1-10(2)14(17(16)11(3)4)15(18)13-8-6-12(5)7-9-13/h6-10,14H,3H2,1-2,4-5H3. The molecular formula is C15H20FNO. The smallest absolute Gasteiger partial charge is 0.188 e. The molecule has 0 bridgehead atoms. The molecule has 0 saturated heterocycles. The van der Waals surface area contributed by atoms with Crippen LogP contribution in [0.15, 0.2) is 36.5 Å². The van der Waals surface area contributed by atoms with E-state index < -0.39 is 6.04 Å². The normalized spacial score (nSPS) is 12.3. The Morgan fingerprint density at radius 1 is 1.28 bits per heavy atom. The van der Waals surface area contributed by atoms with E-state index in [-0.39, 0.29) is 17.4 Å². The average Bonchev–Trinajstić information content (AvgIpc) is 2.29. The van der Waals surface area contributed by atoms with Gasteiger partial charge in [0.05, 0.1) is 0 Å². The van der Waals surface area contributed by atoms with Gasteiger partial charge in [-0.25, -0.2) is 5.12 Å². The Labute approximate surface area is 108 Å². The molecule has 0 fully saturated rings. The molecule has 0 aromatic heterocycles. The van der Waals surface area contributed by atoms with Gasteiger partial charge in [0.25, 0.3) is 0 Å². The van der Waals surface area contributed by atoms with Crippen molar-refractivity contribution in [2.45, 2.75) is 33.7 Å². The lowest BCUT2D eigenvalue weighted by Crippen LogP contribution is -2.39. The molecule has 0 saturated carbocycles. The molecule has 0 N–H and O–H groups in total. The van der Waals surface area contributed by atoms with Crippen LogP contribution in [0.2, 0.25) is 0 Å². The van der Waals surface area contributed by atoms with Crippen LogP contribution in [0.3, 0.4) is 0 Å². The highest BCUT2D eigenvalue weighted by molar-refractivity contribution is 6.00. The Kier molecular flexibility index (Phi) is 4.65. The van der Waals surface area contributed by atoms with E-state index in [1.165, 1.54) is 0 Å². The van der Waals surface area contributed by atoms with Crippen molar-refractivity contribution >= 4 is 5.78 Å². The van der Waals surface area contributed by atoms with Crippen LogP contribution in [0.25, 0.3) is 0 Å². The van der Waals surface area contributed by atoms with E-state index in [1.807, 2.05) is 32.9 Å². The van der Waals surface area contributed by atoms with Gasteiger partial charge in [0.15, 0.2) is 5.78 Å². The second-order valence-corrected chi connectivity index (χ2v) is 4.97. The van der Waals surface area contributed by atoms with Gasteiger partial charge in [0, 0.05) is 11.3 Å². The molecular weight excluding hydrogens is 229 g/mol. The number of nitrogens with zero attached hydrogens (tertiary/aromatic N) is 1. The van der Waals surface area contributed by atoms with Crippen molar-refractivity contribution in [3.8, 4) is 0 Å². The van der Waals surface area contributed by atoms with Gasteiger partial charge >= 0.3 is 0 Å². The molecule has 0 aliphatic rings. The van der Waals surface area contributed by atoms with Crippen LogP contribution in [0.4, 0.5) is 4.48 Å². The first-order valence-electron chi connectivity index (χ1n) is 6.06. The van der Waals surface area contributed by atoms with Gasteiger partial charge in [-0.05, 0) is 19.8 Å². The Balaban J connectivity index is 3.03. The number of allylic oxidation sites excluding steroid dienone is 1. The van der Waals surface area contributed by atoms with Crippen LogP contribution in [-0.2, 0) is 0 Å². The summed E-state index contributed by atoms with van der Waals surface area (Å²) in [6.45, 7) is 10.7. The van der Waals surface area contributed by atoms with E-state index in [0.29, 0.717) is 10.7 Å². The van der Waals surface area contributed by atoms with Crippen molar-refractivity contribution in [3.63, 3.8) is 0 Å². The monoisotopic (exact) mass is 249 g/mol. The number of hydrogen-bond donors (Lipinski definition) is 0. The fraction of sp³-hybridized carbons (Fsp3) is 0.400. The first kappa shape index (κ1) is 14.4. The number of aryl methyl sites for hydroxylation is 1. The Morgan fingerprint density at radius 2 is 1.78 bits per heavy atom. The lowest BCUT2D eigenvalue weighted by Gasteiger charge is -2.27. The van der Waals surface area contributed by atoms with Crippen molar-refractivity contribution in [2.24, 2.45) is 5.92 Å². The maximum Gasteiger partial charge on any atom is 0.188 e. The molecule has 3 heteroatoms. The molecule has 2 nitrogen and oxygen atoms in total. The lowest BCUT2D eigenvalue weighted by molar-refractivity contribution is 0.00545. The molecule has 0 aliphatic carbocycles. The minimum Gasteiger partial charge on any atom is -0.292 e. The topological polar surface area (TPSA) is 20.3 Å². The summed E-state index contributed by atoms with van der Waals surface area (Å²) < 4.78 is 14.0. The summed E-state index contributed by atoms with van der Waals surface area (Å²) in [5.74, 6) is -0.337. The molecule has 0 heterocycles. The number of benzene rings is 1. The third-order valence-electron chi connectivity index (χ3n) is 2.85. The first-order chi connectivity index (χ1) is 8.34. The van der Waals surface area contributed by atoms with Gasteiger partial charge in [0.1, 0.15) is 6.04 Å². The lowest BCUT2D eigenvalue weighted by atomic mass is 9.94. The molecule has 0 spiro atoms. The number of rotatable bonds is 5. The molecule has 1 aromatic rings. The fourth-order valence-electron chi connectivity index (χ4n) is 1.79. The first-order valence-corrected chi connectivity index (χ1v) is 6.06. The maximum absolute atomic E-state index is 14.0. The van der Waals surface area contributed by atoms with Crippen molar-refractivity contribution in [1.29, 1.82) is 0 Å². The molecule has 18 heavy (non-hydrogen) atoms. The molecule has 0 amide bonds. The van der Waals surface area contributed by atoms with Gasteiger partial charge in [-0.3, -0.25) is 4.79 Å². The molecule has 0 aliphatic heterocycles. The largest absolute Gasteiger partial charge is 0.292 e. The Bertz CT molecular complexity index is 436. The van der Waals surface area contributed by atoms with E-state index in [9.17, 15) is 9.28 Å². The summed E-state index contributed by atoms with van der Waals surface area (Å²) >= 11 is 0. The predicted molar refractivity (Wildman–Crippen MR) is 71.9 cm³/mol. The average molecular weight is 249 g/mol. The van der Waals surface area contributed by atoms with Crippen LogP contribution in [0.1, 0.15) is 36.7 Å². The molecule has 0 radical (unpaired) electrons. The third-order valence-corrected chi connectivity index (χ3v) is 2.85. The zero-order chi connectivity index (χ0) is 13.9. The van der Waals surface area contributed by atoms with Crippen LogP contribution >= 0.6 is 0 Å². The summed E-state index contributed by atoms with van der Waals surface area (Å²) in [5, 5.41) is 0.465. The van der Waals surface area contributed by atoms with E-state index in [2.05, 4.69) is 6.58 Å². The molecule has 98 valence electrons. The number of carbonyl (C=O) groups is 1. The molecule has 1 unspecified atom stereocenters. The van der Waals surface area contributed by atoms with Crippen LogP contribution in [-0.4, -0.2) is 16.9 Å². The van der Waals surface area contributed by atoms with Gasteiger partial charge < -0.3 is 0 Å². The number of hydrogen-bond acceptors (Lipinski definition) is 2. The SMILES string of the molecule is C=C(C)N(F)C(C(=O)c1ccc(C)cc1)C(C)C. The second kappa shape index (κ2) is 5.80. The number of carbonyl (C=O) groups excluding carboxylic acids is 1. The van der Waals surface area contributed by atoms with Crippen molar-refractivity contribution in [2.75, 3.05) is 0 Å². The van der Waals surface area contributed by atoms with E-state index in [4.69, 9.17) is 0 Å². The van der Waals surface area contributed by atoms with Crippen LogP contribution in [0.5, 0.6) is 0 Å². The summed E-state index contributed by atoms with van der Waals surface area (Å²) in [5.41, 5.74) is 1.85. The highest BCUT2D eigenvalue weighted by Gasteiger charge is 2.30. The third kappa shape index (κ3) is 3.19. The fourth-order valence-corrected chi connectivity index (χ4v) is 1.79. The number of Topliss-reactive ketones (excluding diaryl/α,β-unsaturated/α-hetero) is 1. The van der Waals surface area contributed by atoms with E-state index in [0.717, 1.165) is 5.56 Å². The van der Waals surface area contributed by atoms with Gasteiger partial charge in [-0.2, -0.15) is 0 Å².